The predicted molar refractivity (Wildman–Crippen MR) is 91.6 cm³/mol. The first kappa shape index (κ1) is 16.2. The molecule has 1 N–H and O–H groups in total. The summed E-state index contributed by atoms with van der Waals surface area (Å²) in [5.41, 5.74) is 3.25. The van der Waals surface area contributed by atoms with Gasteiger partial charge < -0.3 is 9.72 Å². The van der Waals surface area contributed by atoms with Crippen molar-refractivity contribution in [2.45, 2.75) is 13.8 Å². The van der Waals surface area contributed by atoms with Crippen LogP contribution in [-0.4, -0.2) is 28.3 Å². The second-order valence-electron chi connectivity index (χ2n) is 5.53. The third kappa shape index (κ3) is 3.31. The van der Waals surface area contributed by atoms with Crippen molar-refractivity contribution in [2.24, 2.45) is 0 Å². The van der Waals surface area contributed by atoms with Crippen LogP contribution in [0.3, 0.4) is 0 Å². The van der Waals surface area contributed by atoms with E-state index in [9.17, 15) is 9.59 Å². The summed E-state index contributed by atoms with van der Waals surface area (Å²) in [5, 5.41) is 1.16. The van der Waals surface area contributed by atoms with Crippen LogP contribution in [0.5, 0.6) is 0 Å². The number of nitrogens with one attached hydrogen (secondary N) is 1. The number of aryl methyl sites for hydroxylation is 2. The maximum atomic E-state index is 12.2. The molecule has 0 fully saturated rings. The zero-order chi connectivity index (χ0) is 17.3. The number of halogens is 1. The molecule has 0 bridgehead atoms. The van der Waals surface area contributed by atoms with Crippen molar-refractivity contribution in [3.8, 4) is 0 Å². The van der Waals surface area contributed by atoms with E-state index in [2.05, 4.69) is 9.97 Å². The van der Waals surface area contributed by atoms with Gasteiger partial charge in [0.1, 0.15) is 5.15 Å². The normalized spacial score (nSPS) is 10.8. The first-order valence-electron chi connectivity index (χ1n) is 7.37. The van der Waals surface area contributed by atoms with Crippen LogP contribution in [0.4, 0.5) is 0 Å². The lowest BCUT2D eigenvalue weighted by Crippen LogP contribution is -2.14. The van der Waals surface area contributed by atoms with E-state index in [1.165, 1.54) is 0 Å². The third-order valence-corrected chi connectivity index (χ3v) is 3.89. The number of hydrogen-bond acceptors (Lipinski definition) is 4. The van der Waals surface area contributed by atoms with Gasteiger partial charge in [0.05, 0.1) is 11.1 Å². The molecule has 6 heteroatoms. The molecular weight excluding hydrogens is 328 g/mol. The summed E-state index contributed by atoms with van der Waals surface area (Å²) in [6.45, 7) is 3.38. The van der Waals surface area contributed by atoms with Gasteiger partial charge in [0.2, 0.25) is 5.78 Å². The summed E-state index contributed by atoms with van der Waals surface area (Å²) in [6, 6.07) is 10.1. The fraction of sp³-hybridized carbons (Fsp3) is 0.167. The van der Waals surface area contributed by atoms with E-state index in [1.54, 1.807) is 36.4 Å². The average Bonchev–Trinajstić information content (AvgIpc) is 2.90. The molecule has 2 aromatic heterocycles. The minimum absolute atomic E-state index is 0.237. The smallest absolute Gasteiger partial charge is 0.338 e. The number of hydrogen-bond donors (Lipinski definition) is 1. The van der Waals surface area contributed by atoms with E-state index in [1.807, 2.05) is 13.8 Å². The topological polar surface area (TPSA) is 72.1 Å². The number of H-pyrrole nitrogens is 1. The summed E-state index contributed by atoms with van der Waals surface area (Å²) in [4.78, 5) is 31.5. The van der Waals surface area contributed by atoms with Crippen LogP contribution < -0.4 is 0 Å². The number of ether oxygens (including phenoxy) is 1. The number of Topliss-reactive ketones (excluding diaryl/α,β-unsaturated/α-hetero) is 1. The van der Waals surface area contributed by atoms with Crippen LogP contribution in [0.2, 0.25) is 5.15 Å². The molecule has 24 heavy (non-hydrogen) atoms. The minimum Gasteiger partial charge on any atom is -0.454 e. The van der Waals surface area contributed by atoms with Crippen molar-refractivity contribution in [1.82, 2.24) is 9.97 Å². The molecule has 1 aromatic carbocycles. The Balaban J connectivity index is 1.72. The van der Waals surface area contributed by atoms with Crippen molar-refractivity contribution >= 4 is 34.3 Å². The van der Waals surface area contributed by atoms with Gasteiger partial charge in [0.15, 0.2) is 6.61 Å². The Morgan fingerprint density at radius 2 is 1.96 bits per heavy atom. The molecule has 0 saturated carbocycles. The Morgan fingerprint density at radius 1 is 1.17 bits per heavy atom. The van der Waals surface area contributed by atoms with Crippen molar-refractivity contribution in [3.63, 3.8) is 0 Å². The molecular formula is C18H15ClN2O3. The van der Waals surface area contributed by atoms with Gasteiger partial charge in [-0.1, -0.05) is 11.6 Å². The van der Waals surface area contributed by atoms with Gasteiger partial charge in [-0.25, -0.2) is 9.78 Å². The fourth-order valence-corrected chi connectivity index (χ4v) is 2.69. The van der Waals surface area contributed by atoms with E-state index >= 15 is 0 Å². The molecule has 3 rings (SSSR count). The Labute approximate surface area is 143 Å². The lowest BCUT2D eigenvalue weighted by molar-refractivity contribution is 0.0474. The van der Waals surface area contributed by atoms with Gasteiger partial charge >= 0.3 is 5.97 Å². The SMILES string of the molecule is Cc1cc(C(=O)COC(=O)c2ccc3nc(Cl)ccc3c2)c(C)[nH]1. The summed E-state index contributed by atoms with van der Waals surface area (Å²) < 4.78 is 5.13. The second-order valence-corrected chi connectivity index (χ2v) is 5.92. The summed E-state index contributed by atoms with van der Waals surface area (Å²) in [7, 11) is 0. The number of benzene rings is 1. The standard InChI is InChI=1S/C18H15ClN2O3/c1-10-7-14(11(2)20-10)16(22)9-24-18(23)13-3-5-15-12(8-13)4-6-17(19)21-15/h3-8,20H,9H2,1-2H3. The maximum absolute atomic E-state index is 12.2. The lowest BCUT2D eigenvalue weighted by Gasteiger charge is -2.05. The number of fused-ring (bicyclic) bond motifs is 1. The average molecular weight is 343 g/mol. The van der Waals surface area contributed by atoms with E-state index < -0.39 is 5.97 Å². The lowest BCUT2D eigenvalue weighted by atomic mass is 10.1. The molecule has 0 aliphatic carbocycles. The third-order valence-electron chi connectivity index (χ3n) is 3.68. The first-order valence-corrected chi connectivity index (χ1v) is 7.74. The fourth-order valence-electron chi connectivity index (χ4n) is 2.53. The number of pyridine rings is 1. The highest BCUT2D eigenvalue weighted by Gasteiger charge is 2.15. The molecule has 0 unspecified atom stereocenters. The summed E-state index contributed by atoms with van der Waals surface area (Å²) >= 11 is 5.84. The number of carbonyl (C=O) groups excluding carboxylic acids is 2. The maximum Gasteiger partial charge on any atom is 0.338 e. The van der Waals surface area contributed by atoms with Gasteiger partial charge in [-0.05, 0) is 50.2 Å². The van der Waals surface area contributed by atoms with E-state index in [0.29, 0.717) is 21.8 Å². The molecule has 5 nitrogen and oxygen atoms in total. The van der Waals surface area contributed by atoms with Gasteiger partial charge in [0.25, 0.3) is 0 Å². The molecule has 3 aromatic rings. The molecule has 2 heterocycles. The molecule has 0 saturated heterocycles. The Morgan fingerprint density at radius 3 is 2.67 bits per heavy atom. The predicted octanol–water partition coefficient (Wildman–Crippen LogP) is 3.87. The van der Waals surface area contributed by atoms with Crippen LogP contribution in [0.15, 0.2) is 36.4 Å². The van der Waals surface area contributed by atoms with Gasteiger partial charge in [-0.15, -0.1) is 0 Å². The second kappa shape index (κ2) is 6.45. The van der Waals surface area contributed by atoms with Crippen LogP contribution in [-0.2, 0) is 4.74 Å². The van der Waals surface area contributed by atoms with Crippen molar-refractivity contribution in [1.29, 1.82) is 0 Å². The zero-order valence-corrected chi connectivity index (χ0v) is 14.0. The Kier molecular flexibility index (Phi) is 4.36. The van der Waals surface area contributed by atoms with Crippen LogP contribution in [0.25, 0.3) is 10.9 Å². The van der Waals surface area contributed by atoms with Crippen molar-refractivity contribution in [3.05, 3.63) is 64.1 Å². The largest absolute Gasteiger partial charge is 0.454 e. The highest BCUT2D eigenvalue weighted by molar-refractivity contribution is 6.29. The van der Waals surface area contributed by atoms with E-state index in [4.69, 9.17) is 16.3 Å². The van der Waals surface area contributed by atoms with Gasteiger partial charge in [0, 0.05) is 22.3 Å². The zero-order valence-electron chi connectivity index (χ0n) is 13.2. The number of nitrogens with zero attached hydrogens (tertiary/aromatic N) is 1. The highest BCUT2D eigenvalue weighted by atomic mass is 35.5. The number of esters is 1. The number of rotatable bonds is 4. The Hall–Kier alpha value is -2.66. The first-order chi connectivity index (χ1) is 11.4. The quantitative estimate of drug-likeness (QED) is 0.444. The van der Waals surface area contributed by atoms with Crippen LogP contribution in [0, 0.1) is 13.8 Å². The summed E-state index contributed by atoms with van der Waals surface area (Å²) in [5.74, 6) is -0.787. The molecule has 0 radical (unpaired) electrons. The van der Waals surface area contributed by atoms with E-state index in [0.717, 1.165) is 16.8 Å². The molecule has 0 spiro atoms. The molecule has 0 atom stereocenters. The van der Waals surface area contributed by atoms with E-state index in [-0.39, 0.29) is 12.4 Å². The summed E-state index contributed by atoms with van der Waals surface area (Å²) in [6.07, 6.45) is 0. The minimum atomic E-state index is -0.551. The molecule has 0 aliphatic rings. The number of aromatic nitrogens is 2. The monoisotopic (exact) mass is 342 g/mol. The number of carbonyl (C=O) groups is 2. The number of aromatic amines is 1. The molecule has 0 aliphatic heterocycles. The van der Waals surface area contributed by atoms with Crippen LogP contribution >= 0.6 is 11.6 Å². The Bertz CT molecular complexity index is 947. The van der Waals surface area contributed by atoms with Crippen LogP contribution in [0.1, 0.15) is 32.1 Å². The van der Waals surface area contributed by atoms with Crippen molar-refractivity contribution < 1.29 is 14.3 Å². The molecule has 122 valence electrons. The number of ketones is 1. The van der Waals surface area contributed by atoms with Gasteiger partial charge in [-0.3, -0.25) is 4.79 Å². The molecule has 0 amide bonds. The highest BCUT2D eigenvalue weighted by Crippen LogP contribution is 2.18. The van der Waals surface area contributed by atoms with Gasteiger partial charge in [-0.2, -0.15) is 0 Å². The van der Waals surface area contributed by atoms with Crippen molar-refractivity contribution in [2.75, 3.05) is 6.61 Å².